The molecule has 706 valence electrons. The van der Waals surface area contributed by atoms with Crippen LogP contribution in [0.25, 0.3) is 257 Å². The normalized spacial score (nSPS) is 11.5. The van der Waals surface area contributed by atoms with E-state index >= 15 is 0 Å². The molecule has 0 saturated carbocycles. The van der Waals surface area contributed by atoms with E-state index in [0.29, 0.717) is 52.7 Å². The fourth-order valence-electron chi connectivity index (χ4n) is 21.4. The van der Waals surface area contributed by atoms with E-state index in [0.717, 1.165) is 144 Å². The molecule has 0 fully saturated rings. The lowest BCUT2D eigenvalue weighted by atomic mass is 10.0. The van der Waals surface area contributed by atoms with Gasteiger partial charge in [-0.15, -0.1) is 0 Å². The second-order valence-electron chi connectivity index (χ2n) is 37.3. The second-order valence-corrected chi connectivity index (χ2v) is 37.3. The summed E-state index contributed by atoms with van der Waals surface area (Å²) in [5, 5.41) is 8.19. The smallest absolute Gasteiger partial charge is 0.238 e. The van der Waals surface area contributed by atoms with Gasteiger partial charge in [-0.25, -0.2) is 34.9 Å². The zero-order chi connectivity index (χ0) is 99.6. The Morgan fingerprint density at radius 1 is 0.153 bits per heavy atom. The highest BCUT2D eigenvalue weighted by atomic mass is 15.2. The van der Waals surface area contributed by atoms with Gasteiger partial charge in [0.25, 0.3) is 0 Å². The summed E-state index contributed by atoms with van der Waals surface area (Å²) in [6.45, 7) is 4.48. The maximum atomic E-state index is 5.22. The molecule has 0 aliphatic carbocycles. The minimum atomic E-state index is 0.521. The maximum Gasteiger partial charge on any atom is 0.238 e. The molecule has 150 heavy (non-hydrogen) atoms. The van der Waals surface area contributed by atoms with Gasteiger partial charge in [0, 0.05) is 116 Å². The lowest BCUT2D eigenvalue weighted by Gasteiger charge is -2.12. The van der Waals surface area contributed by atoms with Gasteiger partial charge in [-0.2, -0.15) is 19.9 Å². The molecular weight excluding hydrogens is 1840 g/mol. The van der Waals surface area contributed by atoms with Crippen LogP contribution in [0.1, 0.15) is 11.3 Å². The number of rotatable bonds is 16. The number of hydrogen-bond donors (Lipinski definition) is 0. The molecule has 0 bridgehead atoms. The monoisotopic (exact) mass is 1920 g/mol. The van der Waals surface area contributed by atoms with Crippen LogP contribution < -0.4 is 0 Å². The number of aryl methyl sites for hydroxylation is 1. The van der Waals surface area contributed by atoms with Crippen LogP contribution in [0.15, 0.2) is 504 Å². The molecule has 10 aromatic heterocycles. The molecule has 0 unspecified atom stereocenters. The first-order chi connectivity index (χ1) is 74.3. The van der Waals surface area contributed by atoms with Gasteiger partial charge in [0.05, 0.1) is 83.1 Å². The first-order valence-electron chi connectivity index (χ1n) is 50.2. The summed E-state index contributed by atoms with van der Waals surface area (Å²) in [5.41, 5.74) is 33.5. The van der Waals surface area contributed by atoms with E-state index in [1.165, 1.54) is 71.6 Å². The SMILES string of the molecule is Cc1c(C)n(-c2ccccc2)c2ccc3c4ccccc4n(-c4ccc(-c5cccc(-c6nc(-c7ccccc7)nc(-c7ccccc7)n6)c5)cc4)c3c12.c1ccc(-c2nc(-c3ccccc3)nc(-n3c4ccccc4c4c3c3ccccc3n4-c3nc(-c4ccccc4)nc(-c4ccccc4)n3)n2)cc1.c1ccc(-c2nc3ccccc3nc2-c2ccc3c(c2)c2c(c4ccccc4n2-c2ccccc2)n3-c2ccccc2)cc1. The van der Waals surface area contributed by atoms with Crippen molar-refractivity contribution in [2.24, 2.45) is 0 Å². The Morgan fingerprint density at radius 2 is 0.433 bits per heavy atom. The molecule has 19 aromatic carbocycles. The largest absolute Gasteiger partial charge is 0.314 e. The molecule has 0 saturated heterocycles. The summed E-state index contributed by atoms with van der Waals surface area (Å²) in [7, 11) is 0. The van der Waals surface area contributed by atoms with E-state index in [1.54, 1.807) is 0 Å². The molecule has 0 aliphatic rings. The number of hydrogen-bond acceptors (Lipinski definition) is 11. The summed E-state index contributed by atoms with van der Waals surface area (Å²) in [6.07, 6.45) is 0. The quantitative estimate of drug-likeness (QED) is 0.0901. The minimum Gasteiger partial charge on any atom is -0.314 e. The zero-order valence-corrected chi connectivity index (χ0v) is 81.5. The highest BCUT2D eigenvalue weighted by Crippen LogP contribution is 2.48. The van der Waals surface area contributed by atoms with Gasteiger partial charge in [0.15, 0.2) is 40.8 Å². The average molecular weight is 1930 g/mol. The van der Waals surface area contributed by atoms with Crippen LogP contribution in [-0.2, 0) is 0 Å². The highest BCUT2D eigenvalue weighted by molar-refractivity contribution is 6.23. The third-order valence-electron chi connectivity index (χ3n) is 28.3. The highest BCUT2D eigenvalue weighted by Gasteiger charge is 2.30. The summed E-state index contributed by atoms with van der Waals surface area (Å²) < 4.78 is 13.9. The average Bonchev–Trinajstić information content (AvgIpc) is 1.54. The van der Waals surface area contributed by atoms with E-state index in [9.17, 15) is 0 Å². The van der Waals surface area contributed by atoms with Crippen molar-refractivity contribution >= 4 is 109 Å². The van der Waals surface area contributed by atoms with Gasteiger partial charge in [-0.3, -0.25) is 9.13 Å². The number of nitrogens with zero attached hydrogens (tertiary/aromatic N) is 17. The van der Waals surface area contributed by atoms with E-state index in [1.807, 2.05) is 224 Å². The van der Waals surface area contributed by atoms with Gasteiger partial charge < -0.3 is 18.3 Å². The molecule has 17 nitrogen and oxygen atoms in total. The second kappa shape index (κ2) is 37.7. The van der Waals surface area contributed by atoms with E-state index in [-0.39, 0.29) is 0 Å². The number of fused-ring (bicyclic) bond motifs is 16. The van der Waals surface area contributed by atoms with Crippen LogP contribution in [0.2, 0.25) is 0 Å². The molecule has 29 aromatic rings. The molecule has 0 N–H and O–H groups in total. The van der Waals surface area contributed by atoms with Gasteiger partial charge in [0.1, 0.15) is 0 Å². The molecule has 0 aliphatic heterocycles. The Balaban J connectivity index is 0.000000111. The molecule has 10 heterocycles. The van der Waals surface area contributed by atoms with E-state index in [2.05, 4.69) is 320 Å². The molecule has 29 rings (SSSR count). The van der Waals surface area contributed by atoms with Crippen molar-refractivity contribution in [1.82, 2.24) is 82.2 Å². The molecule has 0 amide bonds. The first kappa shape index (κ1) is 88.5. The third-order valence-corrected chi connectivity index (χ3v) is 28.3. The van der Waals surface area contributed by atoms with Crippen molar-refractivity contribution in [3.8, 4) is 148 Å². The Labute approximate surface area is 862 Å². The number of benzene rings is 19. The molecule has 0 atom stereocenters. The van der Waals surface area contributed by atoms with Gasteiger partial charge in [-0.05, 0) is 140 Å². The fraction of sp³-hybridized carbons (Fsp3) is 0.0150. The van der Waals surface area contributed by atoms with Crippen LogP contribution in [0, 0.1) is 13.8 Å². The van der Waals surface area contributed by atoms with Crippen molar-refractivity contribution in [1.29, 1.82) is 0 Å². The van der Waals surface area contributed by atoms with Crippen LogP contribution in [0.5, 0.6) is 0 Å². The lowest BCUT2D eigenvalue weighted by molar-refractivity contribution is 0.949. The summed E-state index contributed by atoms with van der Waals surface area (Å²) in [6, 6.07) is 174. The maximum absolute atomic E-state index is 5.22. The summed E-state index contributed by atoms with van der Waals surface area (Å²) in [5.74, 6) is 5.36. The lowest BCUT2D eigenvalue weighted by Crippen LogP contribution is -2.06. The predicted octanol–water partition coefficient (Wildman–Crippen LogP) is 32.0. The van der Waals surface area contributed by atoms with Gasteiger partial charge in [0.2, 0.25) is 11.9 Å². The Kier molecular flexibility index (Phi) is 22.2. The number of para-hydroxylation sites is 9. The molecule has 17 heteroatoms. The Hall–Kier alpha value is -20.4. The topological polar surface area (TPSA) is 171 Å². The van der Waals surface area contributed by atoms with Crippen LogP contribution in [-0.4, -0.2) is 82.2 Å². The Morgan fingerprint density at radius 3 is 0.853 bits per heavy atom. The third kappa shape index (κ3) is 15.7. The van der Waals surface area contributed by atoms with Crippen LogP contribution in [0.3, 0.4) is 0 Å². The predicted molar refractivity (Wildman–Crippen MR) is 610 cm³/mol. The fourth-order valence-corrected chi connectivity index (χ4v) is 21.4. The molecule has 0 spiro atoms. The van der Waals surface area contributed by atoms with Crippen molar-refractivity contribution in [3.63, 3.8) is 0 Å². The van der Waals surface area contributed by atoms with Gasteiger partial charge >= 0.3 is 0 Å². The Bertz CT molecular complexity index is 9770. The van der Waals surface area contributed by atoms with Crippen LogP contribution >= 0.6 is 0 Å². The van der Waals surface area contributed by atoms with Crippen molar-refractivity contribution in [2.45, 2.75) is 13.8 Å². The molecular formula is C133H89N17. The summed E-state index contributed by atoms with van der Waals surface area (Å²) >= 11 is 0. The standard InChI is InChI=1S/C49H35N5.C44H28N8.C40H26N4/c1-32-33(2)53(39-21-10-5-11-22-39)44-30-29-42-41-23-12-13-24-43(41)54(46(42)45(32)44)40-27-25-34(26-28-40)37-19-14-20-38(31-37)49-51-47(35-15-6-3-7-16-35)50-48(52-49)36-17-8-4-9-18-36;1-5-17-29(18-6-1)39-45-40(30-19-7-2-8-20-30)48-43(47-39)51-35-27-15-13-25-33(35)38-37(51)34-26-14-16-28-36(34)52(38)44-49-41(31-21-9-3-10-22-31)46-42(50-44)32-23-11-4-12-24-32;1-4-14-27(15-5-1)37-38(42-34-22-12-11-21-33(34)41-37)28-24-25-36-32(26-28)40-39(44(36)30-18-8-3-9-19-30)31-20-10-13-23-35(31)43(40)29-16-6-2-7-17-29/h3-31H,1-2H3;1-28H;1-26H. The molecule has 0 radical (unpaired) electrons. The van der Waals surface area contributed by atoms with Crippen LogP contribution in [0.4, 0.5) is 0 Å². The van der Waals surface area contributed by atoms with Crippen molar-refractivity contribution < 1.29 is 0 Å². The zero-order valence-electron chi connectivity index (χ0n) is 81.5. The van der Waals surface area contributed by atoms with E-state index in [4.69, 9.17) is 54.8 Å². The minimum absolute atomic E-state index is 0.521. The van der Waals surface area contributed by atoms with Gasteiger partial charge in [-0.1, -0.05) is 394 Å². The van der Waals surface area contributed by atoms with Crippen molar-refractivity contribution in [3.05, 3.63) is 515 Å². The van der Waals surface area contributed by atoms with E-state index < -0.39 is 0 Å². The summed E-state index contributed by atoms with van der Waals surface area (Å²) in [4.78, 5) is 55.8. The van der Waals surface area contributed by atoms with Crippen molar-refractivity contribution in [2.75, 3.05) is 0 Å². The first-order valence-corrected chi connectivity index (χ1v) is 50.2. The number of aromatic nitrogens is 17.